The van der Waals surface area contributed by atoms with E-state index in [0.717, 1.165) is 64.9 Å². The average Bonchev–Trinajstić information content (AvgIpc) is 3.78. The summed E-state index contributed by atoms with van der Waals surface area (Å²) < 4.78 is 50.6. The number of ether oxygens (including phenoxy) is 3. The van der Waals surface area contributed by atoms with Crippen molar-refractivity contribution in [3.63, 3.8) is 0 Å². The molecule has 3 atom stereocenters. The van der Waals surface area contributed by atoms with E-state index in [4.69, 9.17) is 24.4 Å². The van der Waals surface area contributed by atoms with Crippen LogP contribution in [0.3, 0.4) is 0 Å². The van der Waals surface area contributed by atoms with Gasteiger partial charge < -0.3 is 14.2 Å². The lowest BCUT2D eigenvalue weighted by atomic mass is 10.0. The quantitative estimate of drug-likeness (QED) is 0.326. The van der Waals surface area contributed by atoms with Gasteiger partial charge in [-0.15, -0.1) is 5.10 Å². The molecule has 3 aliphatic heterocycles. The van der Waals surface area contributed by atoms with Crippen LogP contribution in [-0.4, -0.2) is 98.7 Å². The first-order valence-electron chi connectivity index (χ1n) is 15.9. The molecule has 246 valence electrons. The van der Waals surface area contributed by atoms with Crippen LogP contribution in [0, 0.1) is 0 Å². The maximum Gasteiger partial charge on any atom is 0.240 e. The van der Waals surface area contributed by atoms with Crippen molar-refractivity contribution in [2.45, 2.75) is 57.6 Å². The van der Waals surface area contributed by atoms with Crippen molar-refractivity contribution in [1.29, 1.82) is 0 Å². The molecule has 4 aromatic rings. The Morgan fingerprint density at radius 2 is 1.87 bits per heavy atom. The van der Waals surface area contributed by atoms with Crippen LogP contribution >= 0.6 is 0 Å². The van der Waals surface area contributed by atoms with Gasteiger partial charge >= 0.3 is 0 Å². The number of fused-ring (bicyclic) bond motifs is 4. The number of hydrogen-bond acceptors (Lipinski definition) is 9. The van der Waals surface area contributed by atoms with Crippen molar-refractivity contribution in [3.05, 3.63) is 41.3 Å². The molecule has 0 radical (unpaired) electrons. The highest BCUT2D eigenvalue weighted by molar-refractivity contribution is 7.88. The zero-order chi connectivity index (χ0) is 32.2. The number of aryl methyl sites for hydroxylation is 2. The first-order chi connectivity index (χ1) is 22.0. The molecule has 2 bridgehead atoms. The van der Waals surface area contributed by atoms with Crippen LogP contribution in [0.2, 0.25) is 0 Å². The van der Waals surface area contributed by atoms with Gasteiger partial charge in [0.2, 0.25) is 21.8 Å². The molecule has 2 fully saturated rings. The SMILES string of the molecule is C[C@H]1CN(C)Cc2c(c(O[C@H]3CCN(S(C)(=O)=O)C3)nn2C)/C=C/c2nn(C3CCCCO3)c3ccc(cc23)-c2cnn(C)c2O1. The Bertz CT molecular complexity index is 1890. The van der Waals surface area contributed by atoms with Gasteiger partial charge in [0, 0.05) is 45.7 Å². The van der Waals surface area contributed by atoms with Crippen LogP contribution in [0.25, 0.3) is 34.2 Å². The summed E-state index contributed by atoms with van der Waals surface area (Å²) in [5, 5.41) is 15.4. The van der Waals surface area contributed by atoms with Gasteiger partial charge in [0.25, 0.3) is 0 Å². The molecule has 0 aliphatic carbocycles. The van der Waals surface area contributed by atoms with Gasteiger partial charge in [-0.1, -0.05) is 6.07 Å². The standard InChI is InChI=1S/C32H42N8O5S/c1-21-18-36(2)20-29-24(31(35-37(29)3)45-23-13-14-39(19-23)46(5,41)42)10-11-27-25-16-22(26-17-33-38(4)32(26)44-21)9-12-28(25)40(34-27)30-8-6-7-15-43-30/h9-12,16-17,21,23,30H,6-8,13-15,18-20H2,1-5H3/b11-10+/t21-,23-,30?/m0/s1. The largest absolute Gasteiger partial charge is 0.473 e. The minimum atomic E-state index is -3.29. The van der Waals surface area contributed by atoms with E-state index in [0.29, 0.717) is 44.4 Å². The third kappa shape index (κ3) is 5.94. The van der Waals surface area contributed by atoms with Crippen LogP contribution in [-0.2, 0) is 35.4 Å². The van der Waals surface area contributed by atoms with Crippen LogP contribution in [0.15, 0.2) is 24.4 Å². The lowest BCUT2D eigenvalue weighted by Crippen LogP contribution is -2.32. The molecule has 7 rings (SSSR count). The second-order valence-electron chi connectivity index (χ2n) is 12.8. The van der Waals surface area contributed by atoms with E-state index in [1.54, 1.807) is 4.68 Å². The van der Waals surface area contributed by atoms with Crippen molar-refractivity contribution in [2.24, 2.45) is 14.1 Å². The Balaban J connectivity index is 1.35. The molecule has 14 heteroatoms. The Kier molecular flexibility index (Phi) is 8.16. The second kappa shape index (κ2) is 12.1. The van der Waals surface area contributed by atoms with E-state index < -0.39 is 10.0 Å². The third-order valence-corrected chi connectivity index (χ3v) is 10.4. The molecule has 0 spiro atoms. The zero-order valence-electron chi connectivity index (χ0n) is 27.1. The third-order valence-electron chi connectivity index (χ3n) is 9.10. The van der Waals surface area contributed by atoms with Gasteiger partial charge in [0.05, 0.1) is 47.0 Å². The smallest absolute Gasteiger partial charge is 0.240 e. The van der Waals surface area contributed by atoms with Gasteiger partial charge in [0.15, 0.2) is 6.23 Å². The zero-order valence-corrected chi connectivity index (χ0v) is 27.9. The molecule has 3 aliphatic rings. The van der Waals surface area contributed by atoms with Crippen molar-refractivity contribution in [3.8, 4) is 22.9 Å². The van der Waals surface area contributed by atoms with E-state index in [2.05, 4.69) is 42.2 Å². The Morgan fingerprint density at radius 3 is 2.63 bits per heavy atom. The predicted octanol–water partition coefficient (Wildman–Crippen LogP) is 3.67. The Labute approximate surface area is 269 Å². The lowest BCUT2D eigenvalue weighted by Gasteiger charge is -2.23. The number of rotatable bonds is 4. The topological polar surface area (TPSA) is 122 Å². The van der Waals surface area contributed by atoms with Crippen LogP contribution < -0.4 is 9.47 Å². The summed E-state index contributed by atoms with van der Waals surface area (Å²) in [6.45, 7) is 4.77. The highest BCUT2D eigenvalue weighted by atomic mass is 32.2. The summed E-state index contributed by atoms with van der Waals surface area (Å²) in [5.74, 6) is 1.20. The summed E-state index contributed by atoms with van der Waals surface area (Å²) in [4.78, 5) is 2.20. The average molecular weight is 651 g/mol. The van der Waals surface area contributed by atoms with Gasteiger partial charge in [-0.05, 0) is 69.5 Å². The molecule has 1 unspecified atom stereocenters. The van der Waals surface area contributed by atoms with Crippen molar-refractivity contribution in [1.82, 2.24) is 38.5 Å². The van der Waals surface area contributed by atoms with E-state index in [1.807, 2.05) is 41.8 Å². The summed E-state index contributed by atoms with van der Waals surface area (Å²) in [6.07, 6.45) is 10.3. The van der Waals surface area contributed by atoms with Crippen molar-refractivity contribution < 1.29 is 22.6 Å². The summed E-state index contributed by atoms with van der Waals surface area (Å²) in [5.41, 5.74) is 5.53. The molecule has 0 amide bonds. The van der Waals surface area contributed by atoms with Crippen LogP contribution in [0.1, 0.15) is 55.8 Å². The van der Waals surface area contributed by atoms with Gasteiger partial charge in [-0.25, -0.2) is 17.8 Å². The van der Waals surface area contributed by atoms with Crippen LogP contribution in [0.4, 0.5) is 0 Å². The minimum absolute atomic E-state index is 0.127. The molecule has 46 heavy (non-hydrogen) atoms. The van der Waals surface area contributed by atoms with Gasteiger partial charge in [-0.2, -0.15) is 14.5 Å². The van der Waals surface area contributed by atoms with E-state index >= 15 is 0 Å². The molecule has 0 N–H and O–H groups in total. The van der Waals surface area contributed by atoms with E-state index in [1.165, 1.54) is 10.6 Å². The summed E-state index contributed by atoms with van der Waals surface area (Å²) in [7, 11) is 2.58. The number of nitrogens with zero attached hydrogens (tertiary/aromatic N) is 8. The second-order valence-corrected chi connectivity index (χ2v) is 14.7. The molecule has 1 aromatic carbocycles. The fourth-order valence-electron chi connectivity index (χ4n) is 6.75. The van der Waals surface area contributed by atoms with Crippen LogP contribution in [0.5, 0.6) is 11.8 Å². The van der Waals surface area contributed by atoms with Gasteiger partial charge in [0.1, 0.15) is 12.2 Å². The maximum atomic E-state index is 12.2. The maximum absolute atomic E-state index is 12.2. The number of sulfonamides is 1. The molecule has 2 saturated heterocycles. The van der Waals surface area contributed by atoms with E-state index in [9.17, 15) is 8.42 Å². The van der Waals surface area contributed by atoms with E-state index in [-0.39, 0.29) is 18.4 Å². The molecular weight excluding hydrogens is 608 g/mol. The molecule has 3 aromatic heterocycles. The monoisotopic (exact) mass is 650 g/mol. The fourth-order valence-corrected chi connectivity index (χ4v) is 7.62. The van der Waals surface area contributed by atoms with Gasteiger partial charge in [-0.3, -0.25) is 9.58 Å². The predicted molar refractivity (Wildman–Crippen MR) is 175 cm³/mol. The number of hydrogen-bond donors (Lipinski definition) is 0. The fraction of sp³-hybridized carbons (Fsp3) is 0.531. The minimum Gasteiger partial charge on any atom is -0.473 e. The number of benzene rings is 1. The summed E-state index contributed by atoms with van der Waals surface area (Å²) >= 11 is 0. The van der Waals surface area contributed by atoms with Crippen molar-refractivity contribution >= 4 is 33.1 Å². The molecule has 0 saturated carbocycles. The number of aromatic nitrogens is 6. The molecular formula is C32H42N8O5S. The molecule has 13 nitrogen and oxygen atoms in total. The van der Waals surface area contributed by atoms with Crippen molar-refractivity contribution in [2.75, 3.05) is 39.5 Å². The Hall–Kier alpha value is -3.72. The Morgan fingerprint density at radius 1 is 1.02 bits per heavy atom. The normalized spacial score (nSPS) is 23.9. The first-order valence-corrected chi connectivity index (χ1v) is 17.8. The highest BCUT2D eigenvalue weighted by Gasteiger charge is 2.32. The highest BCUT2D eigenvalue weighted by Crippen LogP contribution is 2.36. The summed E-state index contributed by atoms with van der Waals surface area (Å²) in [6, 6.07) is 6.36. The first kappa shape index (κ1) is 30.9. The molecule has 6 heterocycles. The number of likely N-dealkylation sites (N-methyl/N-ethyl adjacent to an activating group) is 1. The lowest BCUT2D eigenvalue weighted by molar-refractivity contribution is -0.0367.